The van der Waals surface area contributed by atoms with Crippen molar-refractivity contribution < 1.29 is 0 Å². The number of nitrogens with one attached hydrogen (secondary N) is 1. The van der Waals surface area contributed by atoms with Crippen LogP contribution in [0.25, 0.3) is 0 Å². The third kappa shape index (κ3) is 0.767. The number of aromatic amines is 1. The fraction of sp³-hybridized carbons (Fsp3) is 0.250. The summed E-state index contributed by atoms with van der Waals surface area (Å²) in [5, 5.41) is 0. The highest BCUT2D eigenvalue weighted by molar-refractivity contribution is 6.15. The van der Waals surface area contributed by atoms with Crippen LogP contribution in [0, 0.1) is 6.92 Å². The molecule has 0 atom stereocenters. The van der Waals surface area contributed by atoms with E-state index in [2.05, 4.69) is 4.98 Å². The number of hydrogen-bond donors (Lipinski definition) is 1. The van der Waals surface area contributed by atoms with Gasteiger partial charge in [-0.25, -0.2) is 8.88 Å². The Hall–Kier alpha value is -0.700. The molecule has 4 heteroatoms. The van der Waals surface area contributed by atoms with Crippen LogP contribution in [0.3, 0.4) is 0 Å². The molecule has 0 fully saturated rings. The first-order valence-electron chi connectivity index (χ1n) is 2.14. The van der Waals surface area contributed by atoms with Crippen molar-refractivity contribution in [2.75, 3.05) is 0 Å². The van der Waals surface area contributed by atoms with Gasteiger partial charge in [0.2, 0.25) is 0 Å². The molecule has 8 heavy (non-hydrogen) atoms. The molecule has 3 nitrogen and oxygen atoms in total. The highest BCUT2D eigenvalue weighted by Gasteiger charge is 1.91. The maximum atomic E-state index is 10.4. The predicted octanol–water partition coefficient (Wildman–Crippen LogP) is 0.487. The number of H-pyrrole nitrogens is 1. The average molecular weight is 133 g/mol. The molecule has 0 saturated heterocycles. The monoisotopic (exact) mass is 132 g/mol. The second-order valence-corrected chi connectivity index (χ2v) is 1.92. The maximum Gasteiger partial charge on any atom is 0.340 e. The van der Waals surface area contributed by atoms with Crippen molar-refractivity contribution in [2.45, 2.75) is 6.92 Å². The van der Waals surface area contributed by atoms with Crippen LogP contribution in [0.4, 0.5) is 0 Å². The Labute approximate surface area is 51.0 Å². The highest BCUT2D eigenvalue weighted by atomic mass is 35.5. The molecule has 44 valence electrons. The van der Waals surface area contributed by atoms with Gasteiger partial charge < -0.3 is 4.98 Å². The highest BCUT2D eigenvalue weighted by Crippen LogP contribution is 1.87. The van der Waals surface area contributed by atoms with Gasteiger partial charge in [-0.3, -0.25) is 0 Å². The van der Waals surface area contributed by atoms with E-state index in [1.54, 1.807) is 6.92 Å². The zero-order chi connectivity index (χ0) is 6.15. The molecule has 1 heterocycles. The summed E-state index contributed by atoms with van der Waals surface area (Å²) in [4.78, 5) is 12.9. The van der Waals surface area contributed by atoms with Crippen molar-refractivity contribution in [2.24, 2.45) is 0 Å². The van der Waals surface area contributed by atoms with Gasteiger partial charge in [-0.15, -0.1) is 0 Å². The molecule has 0 amide bonds. The summed E-state index contributed by atoms with van der Waals surface area (Å²) in [6.07, 6.45) is 1.52. The molecule has 0 saturated carbocycles. The van der Waals surface area contributed by atoms with E-state index < -0.39 is 0 Å². The van der Waals surface area contributed by atoms with Crippen molar-refractivity contribution in [1.29, 1.82) is 0 Å². The van der Waals surface area contributed by atoms with Gasteiger partial charge >= 0.3 is 5.69 Å². The minimum absolute atomic E-state index is 0.288. The average Bonchev–Trinajstić information content (AvgIpc) is 1.85. The Balaban J connectivity index is 3.35. The van der Waals surface area contributed by atoms with Crippen LogP contribution in [-0.4, -0.2) is 9.07 Å². The third-order valence-electron chi connectivity index (χ3n) is 0.805. The SMILES string of the molecule is Cc1cn(Cl)c(=O)[nH]1. The van der Waals surface area contributed by atoms with Crippen molar-refractivity contribution in [3.05, 3.63) is 22.4 Å². The fourth-order valence-electron chi connectivity index (χ4n) is 0.483. The standard InChI is InChI=1S/C4H5ClN2O/c1-3-2-7(5)4(8)6-3/h2H,1H3,(H,6,8). The summed E-state index contributed by atoms with van der Waals surface area (Å²) < 4.78 is 0.981. The van der Waals surface area contributed by atoms with Crippen molar-refractivity contribution in [3.63, 3.8) is 0 Å². The quantitative estimate of drug-likeness (QED) is 0.548. The second kappa shape index (κ2) is 1.67. The molecular formula is C4H5ClN2O. The van der Waals surface area contributed by atoms with E-state index in [9.17, 15) is 4.79 Å². The lowest BCUT2D eigenvalue weighted by Gasteiger charge is -1.72. The summed E-state index contributed by atoms with van der Waals surface area (Å²) in [6.45, 7) is 1.76. The zero-order valence-corrected chi connectivity index (χ0v) is 5.07. The van der Waals surface area contributed by atoms with Crippen LogP contribution in [0.15, 0.2) is 11.0 Å². The Morgan fingerprint density at radius 1 is 1.88 bits per heavy atom. The summed E-state index contributed by atoms with van der Waals surface area (Å²) >= 11 is 5.30. The minimum Gasteiger partial charge on any atom is -0.309 e. The zero-order valence-electron chi connectivity index (χ0n) is 4.31. The topological polar surface area (TPSA) is 37.8 Å². The number of hydrogen-bond acceptors (Lipinski definition) is 1. The lowest BCUT2D eigenvalue weighted by Crippen LogP contribution is -2.07. The van der Waals surface area contributed by atoms with Gasteiger partial charge in [-0.05, 0) is 6.92 Å². The van der Waals surface area contributed by atoms with E-state index >= 15 is 0 Å². The molecule has 0 aromatic carbocycles. The molecule has 0 aliphatic heterocycles. The Morgan fingerprint density at radius 3 is 2.62 bits per heavy atom. The largest absolute Gasteiger partial charge is 0.340 e. The van der Waals surface area contributed by atoms with Gasteiger partial charge in [0.15, 0.2) is 0 Å². The minimum atomic E-state index is -0.288. The first-order chi connectivity index (χ1) is 3.70. The van der Waals surface area contributed by atoms with E-state index in [1.165, 1.54) is 6.20 Å². The number of imidazole rings is 1. The first-order valence-corrected chi connectivity index (χ1v) is 2.48. The summed E-state index contributed by atoms with van der Waals surface area (Å²) in [5.41, 5.74) is 0.481. The van der Waals surface area contributed by atoms with E-state index in [0.717, 1.165) is 9.78 Å². The van der Waals surface area contributed by atoms with Crippen molar-refractivity contribution in [1.82, 2.24) is 9.07 Å². The van der Waals surface area contributed by atoms with Gasteiger partial charge in [-0.2, -0.15) is 0 Å². The van der Waals surface area contributed by atoms with Gasteiger partial charge in [0.1, 0.15) is 0 Å². The summed E-state index contributed by atoms with van der Waals surface area (Å²) in [6, 6.07) is 0. The summed E-state index contributed by atoms with van der Waals surface area (Å²) in [5.74, 6) is 0. The van der Waals surface area contributed by atoms with E-state index in [1.807, 2.05) is 0 Å². The smallest absolute Gasteiger partial charge is 0.309 e. The van der Waals surface area contributed by atoms with Gasteiger partial charge in [0, 0.05) is 23.7 Å². The lowest BCUT2D eigenvalue weighted by atomic mass is 10.6. The molecule has 1 aromatic rings. The number of halogens is 1. The number of rotatable bonds is 0. The Bertz CT molecular complexity index is 236. The van der Waals surface area contributed by atoms with Crippen LogP contribution in [0.5, 0.6) is 0 Å². The maximum absolute atomic E-state index is 10.4. The molecule has 1 rings (SSSR count). The molecule has 0 radical (unpaired) electrons. The number of aryl methyl sites for hydroxylation is 1. The van der Waals surface area contributed by atoms with Gasteiger partial charge in [0.25, 0.3) is 0 Å². The van der Waals surface area contributed by atoms with Crippen LogP contribution in [0.1, 0.15) is 5.69 Å². The van der Waals surface area contributed by atoms with Crippen molar-refractivity contribution in [3.8, 4) is 0 Å². The Kier molecular flexibility index (Phi) is 1.13. The van der Waals surface area contributed by atoms with Gasteiger partial charge in [0.05, 0.1) is 0 Å². The van der Waals surface area contributed by atoms with Crippen molar-refractivity contribution >= 4 is 11.8 Å². The molecule has 0 aliphatic rings. The van der Waals surface area contributed by atoms with E-state index in [-0.39, 0.29) is 5.69 Å². The normalized spacial score (nSPS) is 9.75. The molecule has 1 aromatic heterocycles. The molecule has 0 unspecified atom stereocenters. The first kappa shape index (κ1) is 5.44. The molecule has 0 aliphatic carbocycles. The number of aromatic nitrogens is 2. The van der Waals surface area contributed by atoms with Crippen LogP contribution in [0.2, 0.25) is 0 Å². The Morgan fingerprint density at radius 2 is 2.50 bits per heavy atom. The van der Waals surface area contributed by atoms with Crippen LogP contribution >= 0.6 is 11.8 Å². The lowest BCUT2D eigenvalue weighted by molar-refractivity contribution is 1.10. The van der Waals surface area contributed by atoms with Crippen LogP contribution < -0.4 is 5.69 Å². The predicted molar refractivity (Wildman–Crippen MR) is 31.0 cm³/mol. The third-order valence-corrected chi connectivity index (χ3v) is 1.06. The molecule has 0 bridgehead atoms. The molecule has 1 N–H and O–H groups in total. The number of nitrogens with zero attached hydrogens (tertiary/aromatic N) is 1. The molecule has 0 spiro atoms. The van der Waals surface area contributed by atoms with Crippen LogP contribution in [-0.2, 0) is 0 Å². The second-order valence-electron chi connectivity index (χ2n) is 1.55. The van der Waals surface area contributed by atoms with E-state index in [0.29, 0.717) is 0 Å². The van der Waals surface area contributed by atoms with E-state index in [4.69, 9.17) is 11.8 Å². The fourth-order valence-corrected chi connectivity index (χ4v) is 0.672. The summed E-state index contributed by atoms with van der Waals surface area (Å²) in [7, 11) is 0. The van der Waals surface area contributed by atoms with Gasteiger partial charge in [-0.1, -0.05) is 0 Å². The molecular weight excluding hydrogens is 128 g/mol.